The molecule has 1 aliphatic rings. The molecule has 0 atom stereocenters. The molecule has 3 heteroatoms. The first-order valence-electron chi connectivity index (χ1n) is 5.00. The fourth-order valence-electron chi connectivity index (χ4n) is 1.61. The van der Waals surface area contributed by atoms with E-state index in [4.69, 9.17) is 0 Å². The van der Waals surface area contributed by atoms with Crippen LogP contribution in [0.1, 0.15) is 46.0 Å². The van der Waals surface area contributed by atoms with E-state index in [2.05, 4.69) is 5.32 Å². The highest BCUT2D eigenvalue weighted by molar-refractivity contribution is 5.78. The second kappa shape index (κ2) is 5.97. The summed E-state index contributed by atoms with van der Waals surface area (Å²) in [6.45, 7) is 3.89. The first-order chi connectivity index (χ1) is 5.70. The molecule has 1 saturated carbocycles. The van der Waals surface area contributed by atoms with Gasteiger partial charge in [0, 0.05) is 12.0 Å². The van der Waals surface area contributed by atoms with Gasteiger partial charge in [0.25, 0.3) is 0 Å². The Kier molecular flexibility index (Phi) is 5.71. The van der Waals surface area contributed by atoms with Gasteiger partial charge in [0.05, 0.1) is 0 Å². The van der Waals surface area contributed by atoms with Gasteiger partial charge in [-0.1, -0.05) is 33.1 Å². The van der Waals surface area contributed by atoms with Gasteiger partial charge in [-0.25, -0.2) is 0 Å². The third-order valence-electron chi connectivity index (χ3n) is 2.48. The zero-order valence-corrected chi connectivity index (χ0v) is 8.81. The van der Waals surface area contributed by atoms with E-state index in [0.717, 1.165) is 0 Å². The van der Waals surface area contributed by atoms with Crippen LogP contribution in [0.4, 0.5) is 0 Å². The maximum atomic E-state index is 11.3. The van der Waals surface area contributed by atoms with Crippen LogP contribution >= 0.6 is 0 Å². The molecule has 1 aliphatic carbocycles. The van der Waals surface area contributed by atoms with Gasteiger partial charge in [-0.2, -0.15) is 0 Å². The molecule has 1 amide bonds. The zero-order valence-electron chi connectivity index (χ0n) is 8.81. The number of hydrogen-bond donors (Lipinski definition) is 2. The Morgan fingerprint density at radius 3 is 2.23 bits per heavy atom. The molecule has 4 N–H and O–H groups in total. The lowest BCUT2D eigenvalue weighted by molar-refractivity contribution is -0.124. The van der Waals surface area contributed by atoms with Crippen LogP contribution in [0.3, 0.4) is 0 Å². The summed E-state index contributed by atoms with van der Waals surface area (Å²) < 4.78 is 0. The van der Waals surface area contributed by atoms with Gasteiger partial charge >= 0.3 is 0 Å². The van der Waals surface area contributed by atoms with E-state index in [1.807, 2.05) is 13.8 Å². The van der Waals surface area contributed by atoms with Crippen LogP contribution in [-0.2, 0) is 4.79 Å². The van der Waals surface area contributed by atoms with E-state index in [0.29, 0.717) is 6.04 Å². The molecule has 0 aliphatic heterocycles. The van der Waals surface area contributed by atoms with Crippen molar-refractivity contribution in [2.45, 2.75) is 52.0 Å². The van der Waals surface area contributed by atoms with Gasteiger partial charge in [-0.3, -0.25) is 4.79 Å². The average molecular weight is 186 g/mol. The van der Waals surface area contributed by atoms with E-state index in [1.165, 1.54) is 32.1 Å². The van der Waals surface area contributed by atoms with Crippen LogP contribution in [-0.4, -0.2) is 11.9 Å². The second-order valence-electron chi connectivity index (χ2n) is 4.00. The maximum Gasteiger partial charge on any atom is 0.222 e. The van der Waals surface area contributed by atoms with E-state index in [9.17, 15) is 4.79 Å². The summed E-state index contributed by atoms with van der Waals surface area (Å²) in [5.41, 5.74) is 0. The second-order valence-corrected chi connectivity index (χ2v) is 4.00. The van der Waals surface area contributed by atoms with Crippen LogP contribution in [0.25, 0.3) is 0 Å². The van der Waals surface area contributed by atoms with Gasteiger partial charge in [0.1, 0.15) is 0 Å². The molecular formula is C10H22N2O. The summed E-state index contributed by atoms with van der Waals surface area (Å²) in [5.74, 6) is 0.342. The fraction of sp³-hybridized carbons (Fsp3) is 0.900. The topological polar surface area (TPSA) is 64.1 Å². The molecule has 0 heterocycles. The Morgan fingerprint density at radius 1 is 1.23 bits per heavy atom. The molecule has 1 fully saturated rings. The minimum absolute atomic E-state index is 0. The van der Waals surface area contributed by atoms with Crippen molar-refractivity contribution in [2.24, 2.45) is 5.92 Å². The molecule has 0 aromatic rings. The minimum atomic E-state index is 0. The summed E-state index contributed by atoms with van der Waals surface area (Å²) >= 11 is 0. The number of carbonyl (C=O) groups excluding carboxylic acids is 1. The zero-order chi connectivity index (χ0) is 8.97. The molecule has 78 valence electrons. The SMILES string of the molecule is CC(C)C(=O)NC1CCCCC1.N. The number of hydrogen-bond acceptors (Lipinski definition) is 2. The molecule has 1 rings (SSSR count). The first kappa shape index (κ1) is 12.4. The summed E-state index contributed by atoms with van der Waals surface area (Å²) in [6.07, 6.45) is 6.26. The van der Waals surface area contributed by atoms with Gasteiger partial charge in [-0.05, 0) is 12.8 Å². The van der Waals surface area contributed by atoms with Crippen molar-refractivity contribution in [3.05, 3.63) is 0 Å². The highest BCUT2D eigenvalue weighted by Gasteiger charge is 2.16. The maximum absolute atomic E-state index is 11.3. The summed E-state index contributed by atoms with van der Waals surface area (Å²) in [7, 11) is 0. The number of nitrogens with one attached hydrogen (secondary N) is 1. The smallest absolute Gasteiger partial charge is 0.222 e. The van der Waals surface area contributed by atoms with Gasteiger partial charge in [-0.15, -0.1) is 0 Å². The normalized spacial score (nSPS) is 18.1. The number of carbonyl (C=O) groups is 1. The standard InChI is InChI=1S/C10H19NO.H3N/c1-8(2)10(12)11-9-6-4-3-5-7-9;/h8-9H,3-7H2,1-2H3,(H,11,12);1H3. The van der Waals surface area contributed by atoms with Crippen molar-refractivity contribution in [1.29, 1.82) is 0 Å². The predicted molar refractivity (Wildman–Crippen MR) is 54.9 cm³/mol. The molecule has 0 bridgehead atoms. The van der Waals surface area contributed by atoms with Crippen molar-refractivity contribution < 1.29 is 4.79 Å². The Hall–Kier alpha value is -0.570. The van der Waals surface area contributed by atoms with Crippen LogP contribution < -0.4 is 11.5 Å². The Morgan fingerprint density at radius 2 is 1.77 bits per heavy atom. The van der Waals surface area contributed by atoms with Crippen LogP contribution in [0.2, 0.25) is 0 Å². The van der Waals surface area contributed by atoms with Gasteiger partial charge in [0.15, 0.2) is 0 Å². The predicted octanol–water partition coefficient (Wildman–Crippen LogP) is 2.25. The first-order valence-corrected chi connectivity index (χ1v) is 5.00. The molecule has 0 aromatic heterocycles. The largest absolute Gasteiger partial charge is 0.353 e. The molecule has 0 spiro atoms. The molecule has 3 nitrogen and oxygen atoms in total. The Labute approximate surface area is 80.9 Å². The third-order valence-corrected chi connectivity index (χ3v) is 2.48. The molecule has 0 saturated heterocycles. The summed E-state index contributed by atoms with van der Waals surface area (Å²) in [5, 5.41) is 3.08. The summed E-state index contributed by atoms with van der Waals surface area (Å²) in [4.78, 5) is 11.3. The monoisotopic (exact) mass is 186 g/mol. The average Bonchev–Trinajstić information content (AvgIpc) is 2.06. The van der Waals surface area contributed by atoms with Crippen molar-refractivity contribution >= 4 is 5.91 Å². The molecule has 0 unspecified atom stereocenters. The van der Waals surface area contributed by atoms with Crippen molar-refractivity contribution in [3.63, 3.8) is 0 Å². The lowest BCUT2D eigenvalue weighted by Gasteiger charge is -2.23. The van der Waals surface area contributed by atoms with Gasteiger partial charge < -0.3 is 11.5 Å². The lowest BCUT2D eigenvalue weighted by atomic mass is 9.95. The Balaban J connectivity index is 0.00000144. The number of amides is 1. The van der Waals surface area contributed by atoms with E-state index >= 15 is 0 Å². The number of rotatable bonds is 2. The highest BCUT2D eigenvalue weighted by Crippen LogP contribution is 2.17. The third kappa shape index (κ3) is 4.27. The van der Waals surface area contributed by atoms with Crippen LogP contribution in [0.5, 0.6) is 0 Å². The Bertz CT molecular complexity index is 151. The molecule has 0 aromatic carbocycles. The van der Waals surface area contributed by atoms with Crippen LogP contribution in [0.15, 0.2) is 0 Å². The molecule has 13 heavy (non-hydrogen) atoms. The molecule has 0 radical (unpaired) electrons. The minimum Gasteiger partial charge on any atom is -0.353 e. The quantitative estimate of drug-likeness (QED) is 0.694. The highest BCUT2D eigenvalue weighted by atomic mass is 16.1. The fourth-order valence-corrected chi connectivity index (χ4v) is 1.61. The van der Waals surface area contributed by atoms with E-state index in [-0.39, 0.29) is 18.0 Å². The van der Waals surface area contributed by atoms with Gasteiger partial charge in [0.2, 0.25) is 5.91 Å². The van der Waals surface area contributed by atoms with E-state index in [1.54, 1.807) is 0 Å². The van der Waals surface area contributed by atoms with Crippen LogP contribution in [0, 0.1) is 5.92 Å². The van der Waals surface area contributed by atoms with Crippen molar-refractivity contribution in [2.75, 3.05) is 0 Å². The lowest BCUT2D eigenvalue weighted by Crippen LogP contribution is -2.38. The van der Waals surface area contributed by atoms with Crippen molar-refractivity contribution in [3.8, 4) is 0 Å². The molecular weight excluding hydrogens is 164 g/mol. The van der Waals surface area contributed by atoms with E-state index < -0.39 is 0 Å². The van der Waals surface area contributed by atoms with Crippen molar-refractivity contribution in [1.82, 2.24) is 11.5 Å². The summed E-state index contributed by atoms with van der Waals surface area (Å²) in [6, 6.07) is 0.466.